The molecule has 0 aliphatic rings. The fraction of sp³-hybridized carbons (Fsp3) is 0.533. The first-order chi connectivity index (χ1) is 9.62. The molecule has 0 aliphatic heterocycles. The lowest BCUT2D eigenvalue weighted by atomic mass is 9.76. The Morgan fingerprint density at radius 1 is 1.33 bits per heavy atom. The van der Waals surface area contributed by atoms with Gasteiger partial charge in [-0.15, -0.1) is 0 Å². The van der Waals surface area contributed by atoms with E-state index in [0.717, 1.165) is 0 Å². The van der Waals surface area contributed by atoms with E-state index in [1.54, 1.807) is 45.9 Å². The molecule has 0 saturated heterocycles. The maximum Gasteiger partial charge on any atom is 0.491 e. The molecule has 0 heterocycles. The van der Waals surface area contributed by atoms with Gasteiger partial charge in [-0.25, -0.2) is 0 Å². The van der Waals surface area contributed by atoms with Gasteiger partial charge in [0.15, 0.2) is 0 Å². The van der Waals surface area contributed by atoms with Crippen molar-refractivity contribution in [2.24, 2.45) is 0 Å². The van der Waals surface area contributed by atoms with Crippen molar-refractivity contribution in [2.75, 3.05) is 11.9 Å². The molecule has 0 atom stereocenters. The molecule has 0 amide bonds. The normalized spacial score (nSPS) is 11.9. The summed E-state index contributed by atoms with van der Waals surface area (Å²) in [4.78, 5) is 0. The second kappa shape index (κ2) is 6.48. The highest BCUT2D eigenvalue weighted by Crippen LogP contribution is 2.25. The van der Waals surface area contributed by atoms with Crippen LogP contribution in [0.2, 0.25) is 0 Å². The van der Waals surface area contributed by atoms with Gasteiger partial charge in [0.1, 0.15) is 6.07 Å². The van der Waals surface area contributed by atoms with Crippen LogP contribution in [-0.4, -0.2) is 35.0 Å². The minimum atomic E-state index is -1.18. The lowest BCUT2D eigenvalue weighted by Gasteiger charge is -2.38. The number of nitrogens with one attached hydrogen (secondary N) is 1. The second-order valence-electron chi connectivity index (χ2n) is 5.99. The highest BCUT2D eigenvalue weighted by molar-refractivity contribution is 6.60. The topological polar surface area (TPSA) is 85.5 Å². The quantitative estimate of drug-likeness (QED) is 0.686. The van der Waals surface area contributed by atoms with Crippen LogP contribution in [0.4, 0.5) is 5.69 Å². The highest BCUT2D eigenvalue weighted by atomic mass is 16.5. The molecule has 5 nitrogen and oxygen atoms in total. The van der Waals surface area contributed by atoms with E-state index in [9.17, 15) is 10.1 Å². The van der Waals surface area contributed by atoms with Crippen molar-refractivity contribution in [2.45, 2.75) is 45.8 Å². The van der Waals surface area contributed by atoms with Crippen LogP contribution in [0.15, 0.2) is 18.2 Å². The summed E-state index contributed by atoms with van der Waals surface area (Å²) >= 11 is 0. The smallest absolute Gasteiger partial charge is 0.423 e. The summed E-state index contributed by atoms with van der Waals surface area (Å²) in [6.45, 7) is 9.28. The van der Waals surface area contributed by atoms with Crippen molar-refractivity contribution in [3.05, 3.63) is 23.8 Å². The van der Waals surface area contributed by atoms with E-state index in [2.05, 4.69) is 11.4 Å². The minimum absolute atomic E-state index is 0.509. The number of hydrogen-bond donors (Lipinski definition) is 3. The van der Waals surface area contributed by atoms with Gasteiger partial charge < -0.3 is 20.1 Å². The third-order valence-corrected chi connectivity index (χ3v) is 3.70. The molecular weight excluding hydrogens is 267 g/mol. The van der Waals surface area contributed by atoms with Crippen LogP contribution in [0.1, 0.15) is 40.2 Å². The largest absolute Gasteiger partial charge is 0.491 e. The summed E-state index contributed by atoms with van der Waals surface area (Å²) in [6, 6.07) is 7.06. The third-order valence-electron chi connectivity index (χ3n) is 3.70. The fourth-order valence-electron chi connectivity index (χ4n) is 1.64. The van der Waals surface area contributed by atoms with Crippen molar-refractivity contribution in [1.29, 1.82) is 5.26 Å². The second-order valence-corrected chi connectivity index (χ2v) is 5.99. The number of nitrogens with zero attached hydrogens (tertiary/aromatic N) is 1. The summed E-state index contributed by atoms with van der Waals surface area (Å²) in [5.74, 6) is 0. The molecule has 114 valence electrons. The van der Waals surface area contributed by atoms with Crippen molar-refractivity contribution < 1.29 is 14.8 Å². The van der Waals surface area contributed by atoms with Gasteiger partial charge in [0.05, 0.1) is 22.5 Å². The van der Waals surface area contributed by atoms with Gasteiger partial charge in [-0.2, -0.15) is 5.26 Å². The van der Waals surface area contributed by atoms with Gasteiger partial charge in [0.2, 0.25) is 0 Å². The molecule has 0 saturated carbocycles. The first-order valence-electron chi connectivity index (χ1n) is 6.98. The lowest BCUT2D eigenvalue weighted by Crippen LogP contribution is -2.53. The highest BCUT2D eigenvalue weighted by Gasteiger charge is 2.39. The molecular formula is C15H23BN2O3. The van der Waals surface area contributed by atoms with Gasteiger partial charge in [-0.3, -0.25) is 0 Å². The number of anilines is 1. The van der Waals surface area contributed by atoms with Crippen molar-refractivity contribution in [3.63, 3.8) is 0 Å². The van der Waals surface area contributed by atoms with Gasteiger partial charge in [-0.1, -0.05) is 6.07 Å². The van der Waals surface area contributed by atoms with E-state index in [0.29, 0.717) is 23.3 Å². The standard InChI is InChI=1S/C15H23BN2O3/c1-6-18-13-9-12(8-7-11(13)10-17)16(20)21-15(4,5)14(2,3)19/h7-9,18-20H,6H2,1-5H3. The molecule has 0 bridgehead atoms. The predicted molar refractivity (Wildman–Crippen MR) is 84.4 cm³/mol. The van der Waals surface area contributed by atoms with Crippen LogP contribution in [0.5, 0.6) is 0 Å². The van der Waals surface area contributed by atoms with Crippen LogP contribution >= 0.6 is 0 Å². The number of benzene rings is 1. The van der Waals surface area contributed by atoms with E-state index in [4.69, 9.17) is 9.92 Å². The number of nitriles is 1. The molecule has 0 spiro atoms. The lowest BCUT2D eigenvalue weighted by molar-refractivity contribution is -0.0982. The van der Waals surface area contributed by atoms with Crippen molar-refractivity contribution in [3.8, 4) is 6.07 Å². The van der Waals surface area contributed by atoms with Crippen LogP contribution < -0.4 is 10.8 Å². The molecule has 0 fully saturated rings. The van der Waals surface area contributed by atoms with E-state index in [1.165, 1.54) is 0 Å². The third kappa shape index (κ3) is 4.21. The Balaban J connectivity index is 3.01. The van der Waals surface area contributed by atoms with Gasteiger partial charge in [0.25, 0.3) is 0 Å². The Morgan fingerprint density at radius 3 is 2.43 bits per heavy atom. The maximum atomic E-state index is 10.2. The number of aliphatic hydroxyl groups is 1. The molecule has 1 aromatic rings. The summed E-state index contributed by atoms with van der Waals surface area (Å²) in [5.41, 5.74) is -0.345. The molecule has 6 heteroatoms. The molecule has 0 radical (unpaired) electrons. The Labute approximate surface area is 126 Å². The fourth-order valence-corrected chi connectivity index (χ4v) is 1.64. The number of rotatable bonds is 6. The zero-order valence-corrected chi connectivity index (χ0v) is 13.3. The molecule has 1 aromatic carbocycles. The Hall–Kier alpha value is -1.55. The van der Waals surface area contributed by atoms with Gasteiger partial charge in [-0.05, 0) is 52.2 Å². The summed E-state index contributed by atoms with van der Waals surface area (Å²) in [7, 11) is -1.18. The molecule has 0 aromatic heterocycles. The van der Waals surface area contributed by atoms with E-state index in [-0.39, 0.29) is 0 Å². The molecule has 1 rings (SSSR count). The average Bonchev–Trinajstić information content (AvgIpc) is 2.37. The summed E-state index contributed by atoms with van der Waals surface area (Å²) in [5, 5.41) is 32.4. The summed E-state index contributed by atoms with van der Waals surface area (Å²) < 4.78 is 5.59. The van der Waals surface area contributed by atoms with Gasteiger partial charge >= 0.3 is 7.12 Å². The average molecular weight is 290 g/mol. The molecule has 0 unspecified atom stereocenters. The Kier molecular flexibility index (Phi) is 5.40. The monoisotopic (exact) mass is 290 g/mol. The van der Waals surface area contributed by atoms with Crippen LogP contribution in [0.3, 0.4) is 0 Å². The zero-order chi connectivity index (χ0) is 16.3. The van der Waals surface area contributed by atoms with E-state index >= 15 is 0 Å². The predicted octanol–water partition coefficient (Wildman–Crippen LogP) is 1.24. The van der Waals surface area contributed by atoms with Crippen molar-refractivity contribution in [1.82, 2.24) is 0 Å². The minimum Gasteiger partial charge on any atom is -0.423 e. The Morgan fingerprint density at radius 2 is 1.95 bits per heavy atom. The zero-order valence-electron chi connectivity index (χ0n) is 13.3. The van der Waals surface area contributed by atoms with Crippen LogP contribution in [0.25, 0.3) is 0 Å². The van der Waals surface area contributed by atoms with E-state index < -0.39 is 18.3 Å². The SMILES string of the molecule is CCNc1cc(B(O)OC(C)(C)C(C)(C)O)ccc1C#N. The number of hydrogen-bond acceptors (Lipinski definition) is 5. The molecule has 21 heavy (non-hydrogen) atoms. The van der Waals surface area contributed by atoms with Crippen molar-refractivity contribution >= 4 is 18.3 Å². The van der Waals surface area contributed by atoms with E-state index in [1.807, 2.05) is 6.92 Å². The first kappa shape index (κ1) is 17.5. The Bertz CT molecular complexity index is 533. The molecule has 0 aliphatic carbocycles. The first-order valence-corrected chi connectivity index (χ1v) is 6.98. The molecule has 3 N–H and O–H groups in total. The van der Waals surface area contributed by atoms with Gasteiger partial charge in [0, 0.05) is 6.54 Å². The summed E-state index contributed by atoms with van der Waals surface area (Å²) in [6.07, 6.45) is 0. The van der Waals surface area contributed by atoms with Crippen LogP contribution in [0, 0.1) is 11.3 Å². The maximum absolute atomic E-state index is 10.2. The van der Waals surface area contributed by atoms with Crippen LogP contribution in [-0.2, 0) is 4.65 Å².